The maximum absolute atomic E-state index is 13.3. The first-order valence-corrected chi connectivity index (χ1v) is 12.2. The number of rotatable bonds is 6. The van der Waals surface area contributed by atoms with Gasteiger partial charge in [-0.05, 0) is 55.7 Å². The number of hydrogen-bond donors (Lipinski definition) is 0. The van der Waals surface area contributed by atoms with Crippen LogP contribution in [0, 0.1) is 5.92 Å². The van der Waals surface area contributed by atoms with Crippen LogP contribution in [-0.4, -0.2) is 82.2 Å². The molecule has 0 saturated carbocycles. The van der Waals surface area contributed by atoms with E-state index in [4.69, 9.17) is 14.2 Å². The molecule has 2 heterocycles. The first kappa shape index (κ1) is 24.7. The lowest BCUT2D eigenvalue weighted by Crippen LogP contribution is -2.45. The lowest BCUT2D eigenvalue weighted by atomic mass is 9.94. The summed E-state index contributed by atoms with van der Waals surface area (Å²) in [5, 5.41) is 0. The van der Waals surface area contributed by atoms with Gasteiger partial charge in [0.15, 0.2) is 0 Å². The highest BCUT2D eigenvalue weighted by atomic mass is 16.5. The van der Waals surface area contributed by atoms with Crippen molar-refractivity contribution in [2.45, 2.75) is 19.3 Å². The van der Waals surface area contributed by atoms with Crippen LogP contribution >= 0.6 is 0 Å². The zero-order valence-corrected chi connectivity index (χ0v) is 20.9. The minimum atomic E-state index is -0.0574. The van der Waals surface area contributed by atoms with Crippen molar-refractivity contribution < 1.29 is 23.8 Å². The van der Waals surface area contributed by atoms with Gasteiger partial charge in [-0.25, -0.2) is 0 Å². The molecule has 0 spiro atoms. The summed E-state index contributed by atoms with van der Waals surface area (Å²) in [6, 6.07) is 13.3. The van der Waals surface area contributed by atoms with Gasteiger partial charge in [0.1, 0.15) is 17.2 Å². The zero-order valence-electron chi connectivity index (χ0n) is 20.9. The first-order chi connectivity index (χ1) is 17.0. The molecule has 0 aliphatic carbocycles. The number of carbonyl (C=O) groups excluding carboxylic acids is 2. The van der Waals surface area contributed by atoms with Gasteiger partial charge < -0.3 is 28.9 Å². The minimum Gasteiger partial charge on any atom is -0.497 e. The summed E-state index contributed by atoms with van der Waals surface area (Å²) in [7, 11) is 4.80. The summed E-state index contributed by atoms with van der Waals surface area (Å²) in [6.07, 6.45) is 2.31. The smallest absolute Gasteiger partial charge is 0.254 e. The van der Waals surface area contributed by atoms with Gasteiger partial charge in [-0.15, -0.1) is 0 Å². The number of ether oxygens (including phenoxy) is 3. The Kier molecular flexibility index (Phi) is 8.00. The Hall–Kier alpha value is -3.42. The average Bonchev–Trinajstić information content (AvgIpc) is 3.18. The second-order valence-corrected chi connectivity index (χ2v) is 9.03. The van der Waals surface area contributed by atoms with E-state index < -0.39 is 0 Å². The lowest BCUT2D eigenvalue weighted by molar-refractivity contribution is -0.136. The molecule has 2 aromatic carbocycles. The van der Waals surface area contributed by atoms with E-state index in [1.54, 1.807) is 39.5 Å². The Bertz CT molecular complexity index is 996. The molecule has 2 saturated heterocycles. The summed E-state index contributed by atoms with van der Waals surface area (Å²) >= 11 is 0. The quantitative estimate of drug-likeness (QED) is 0.631. The molecule has 0 radical (unpaired) electrons. The second kappa shape index (κ2) is 11.3. The Balaban J connectivity index is 1.31. The molecule has 8 nitrogen and oxygen atoms in total. The monoisotopic (exact) mass is 481 g/mol. The molecule has 0 unspecified atom stereocenters. The SMILES string of the molecule is COc1ccc(N2CCCN(C(=O)C3CCN(C(=O)c4cc(OC)cc(OC)c4)CC3)CC2)cc1. The molecule has 2 fully saturated rings. The van der Waals surface area contributed by atoms with Crippen molar-refractivity contribution in [2.75, 3.05) is 65.5 Å². The largest absolute Gasteiger partial charge is 0.497 e. The predicted octanol–water partition coefficient (Wildman–Crippen LogP) is 3.30. The van der Waals surface area contributed by atoms with Gasteiger partial charge in [0, 0.05) is 62.5 Å². The number of benzene rings is 2. The molecule has 0 aromatic heterocycles. The van der Waals surface area contributed by atoms with E-state index in [1.807, 2.05) is 21.9 Å². The van der Waals surface area contributed by atoms with Crippen molar-refractivity contribution in [3.8, 4) is 17.2 Å². The summed E-state index contributed by atoms with van der Waals surface area (Å²) in [4.78, 5) is 32.5. The third kappa shape index (κ3) is 5.81. The fraction of sp³-hybridized carbons (Fsp3) is 0.481. The fourth-order valence-corrected chi connectivity index (χ4v) is 4.89. The average molecular weight is 482 g/mol. The van der Waals surface area contributed by atoms with Crippen LogP contribution in [0.2, 0.25) is 0 Å². The van der Waals surface area contributed by atoms with Crippen LogP contribution in [-0.2, 0) is 4.79 Å². The van der Waals surface area contributed by atoms with Crippen molar-refractivity contribution in [1.29, 1.82) is 0 Å². The van der Waals surface area contributed by atoms with E-state index in [-0.39, 0.29) is 17.7 Å². The number of likely N-dealkylation sites (tertiary alicyclic amines) is 1. The molecule has 0 N–H and O–H groups in total. The van der Waals surface area contributed by atoms with Crippen molar-refractivity contribution >= 4 is 17.5 Å². The van der Waals surface area contributed by atoms with Gasteiger partial charge in [0.05, 0.1) is 21.3 Å². The molecule has 188 valence electrons. The molecule has 2 aliphatic rings. The molecule has 2 amide bonds. The molecular weight excluding hydrogens is 446 g/mol. The van der Waals surface area contributed by atoms with Gasteiger partial charge in [0.2, 0.25) is 5.91 Å². The van der Waals surface area contributed by atoms with Crippen molar-refractivity contribution in [2.24, 2.45) is 5.92 Å². The lowest BCUT2D eigenvalue weighted by Gasteiger charge is -2.34. The molecule has 0 bridgehead atoms. The standard InChI is InChI=1S/C27H35N3O5/c1-33-23-7-5-22(6-8-23)28-11-4-12-29(16-15-28)26(31)20-9-13-30(14-10-20)27(32)21-17-24(34-2)19-25(18-21)35-3/h5-8,17-20H,4,9-16H2,1-3H3. The minimum absolute atomic E-state index is 0.0357. The van der Waals surface area contributed by atoms with Gasteiger partial charge in [-0.3, -0.25) is 9.59 Å². The van der Waals surface area contributed by atoms with Crippen LogP contribution < -0.4 is 19.1 Å². The Morgan fingerprint density at radius 3 is 1.94 bits per heavy atom. The van der Waals surface area contributed by atoms with Gasteiger partial charge in [-0.2, -0.15) is 0 Å². The summed E-state index contributed by atoms with van der Waals surface area (Å²) in [5.74, 6) is 2.14. The van der Waals surface area contributed by atoms with Crippen LogP contribution in [0.4, 0.5) is 5.69 Å². The topological polar surface area (TPSA) is 71.6 Å². The van der Waals surface area contributed by atoms with E-state index in [0.717, 1.165) is 37.5 Å². The summed E-state index contributed by atoms with van der Waals surface area (Å²) < 4.78 is 15.9. The number of methoxy groups -OCH3 is 3. The van der Waals surface area contributed by atoms with Crippen LogP contribution in [0.5, 0.6) is 17.2 Å². The first-order valence-electron chi connectivity index (χ1n) is 12.2. The van der Waals surface area contributed by atoms with Crippen LogP contribution in [0.3, 0.4) is 0 Å². The maximum Gasteiger partial charge on any atom is 0.254 e. The molecule has 0 atom stereocenters. The number of amides is 2. The van der Waals surface area contributed by atoms with Gasteiger partial charge >= 0.3 is 0 Å². The van der Waals surface area contributed by atoms with Crippen molar-refractivity contribution in [3.63, 3.8) is 0 Å². The fourth-order valence-electron chi connectivity index (χ4n) is 4.89. The Morgan fingerprint density at radius 2 is 1.34 bits per heavy atom. The normalized spacial score (nSPS) is 17.1. The maximum atomic E-state index is 13.3. The van der Waals surface area contributed by atoms with Crippen molar-refractivity contribution in [1.82, 2.24) is 9.80 Å². The highest BCUT2D eigenvalue weighted by Crippen LogP contribution is 2.27. The Morgan fingerprint density at radius 1 is 0.714 bits per heavy atom. The predicted molar refractivity (Wildman–Crippen MR) is 135 cm³/mol. The molecule has 8 heteroatoms. The van der Waals surface area contributed by atoms with Gasteiger partial charge in [0.25, 0.3) is 5.91 Å². The number of nitrogens with zero attached hydrogens (tertiary/aromatic N) is 3. The molecule has 2 aromatic rings. The highest BCUT2D eigenvalue weighted by Gasteiger charge is 2.31. The molecule has 35 heavy (non-hydrogen) atoms. The zero-order chi connectivity index (χ0) is 24.8. The van der Waals surface area contributed by atoms with E-state index in [1.165, 1.54) is 0 Å². The second-order valence-electron chi connectivity index (χ2n) is 9.03. The van der Waals surface area contributed by atoms with Crippen LogP contribution in [0.25, 0.3) is 0 Å². The van der Waals surface area contributed by atoms with E-state index >= 15 is 0 Å². The molecule has 4 rings (SSSR count). The third-order valence-corrected chi connectivity index (χ3v) is 6.97. The summed E-state index contributed by atoms with van der Waals surface area (Å²) in [6.45, 7) is 4.36. The highest BCUT2D eigenvalue weighted by molar-refractivity contribution is 5.95. The Labute approximate surface area is 207 Å². The number of piperidine rings is 1. The number of hydrogen-bond acceptors (Lipinski definition) is 6. The van der Waals surface area contributed by atoms with Crippen molar-refractivity contribution in [3.05, 3.63) is 48.0 Å². The van der Waals surface area contributed by atoms with Gasteiger partial charge in [-0.1, -0.05) is 0 Å². The van der Waals surface area contributed by atoms with Crippen LogP contribution in [0.15, 0.2) is 42.5 Å². The number of anilines is 1. The third-order valence-electron chi connectivity index (χ3n) is 6.97. The van der Waals surface area contributed by atoms with E-state index in [0.29, 0.717) is 49.5 Å². The molecular formula is C27H35N3O5. The summed E-state index contributed by atoms with van der Waals surface area (Å²) in [5.41, 5.74) is 1.69. The van der Waals surface area contributed by atoms with Crippen LogP contribution in [0.1, 0.15) is 29.6 Å². The van der Waals surface area contributed by atoms with E-state index in [2.05, 4.69) is 17.0 Å². The van der Waals surface area contributed by atoms with E-state index in [9.17, 15) is 9.59 Å². The number of carbonyl (C=O) groups is 2. The molecule has 2 aliphatic heterocycles.